The zero-order valence-electron chi connectivity index (χ0n) is 6.53. The van der Waals surface area contributed by atoms with Crippen LogP contribution in [0.2, 0.25) is 0 Å². The summed E-state index contributed by atoms with van der Waals surface area (Å²) in [5.41, 5.74) is 6.07. The first-order valence-corrected chi connectivity index (χ1v) is 3.83. The molecule has 0 spiro atoms. The van der Waals surface area contributed by atoms with E-state index in [9.17, 15) is 5.11 Å². The lowest BCUT2D eigenvalue weighted by atomic mass is 9.90. The van der Waals surface area contributed by atoms with Gasteiger partial charge >= 0.3 is 0 Å². The Labute approximate surface area is 66.6 Å². The molecule has 0 amide bonds. The Morgan fingerprint density at radius 2 is 2.45 bits per heavy atom. The Balaban J connectivity index is 2.46. The van der Waals surface area contributed by atoms with E-state index in [0.29, 0.717) is 6.42 Å². The number of aliphatic hydroxyl groups is 1. The Morgan fingerprint density at radius 3 is 3.00 bits per heavy atom. The molecule has 0 bridgehead atoms. The van der Waals surface area contributed by atoms with Gasteiger partial charge in [0.15, 0.2) is 0 Å². The van der Waals surface area contributed by atoms with Crippen LogP contribution in [0, 0.1) is 0 Å². The lowest BCUT2D eigenvalue weighted by molar-refractivity contribution is 0.169. The molecular weight excluding hydrogens is 140 g/mol. The minimum absolute atomic E-state index is 0.195. The molecule has 2 atom stereocenters. The van der Waals surface area contributed by atoms with Crippen LogP contribution in [0.15, 0.2) is 17.1 Å². The van der Waals surface area contributed by atoms with Crippen molar-refractivity contribution in [2.75, 3.05) is 0 Å². The van der Waals surface area contributed by atoms with Crippen LogP contribution in [0.1, 0.15) is 19.3 Å². The average molecular weight is 154 g/mol. The molecule has 0 saturated heterocycles. The minimum Gasteiger partial charge on any atom is -0.390 e. The van der Waals surface area contributed by atoms with Crippen molar-refractivity contribution < 1.29 is 5.11 Å². The van der Waals surface area contributed by atoms with Crippen molar-refractivity contribution in [1.82, 2.24) is 0 Å². The second-order valence-corrected chi connectivity index (χ2v) is 2.90. The molecule has 1 fully saturated rings. The van der Waals surface area contributed by atoms with Gasteiger partial charge in [-0.05, 0) is 24.8 Å². The van der Waals surface area contributed by atoms with Gasteiger partial charge < -0.3 is 10.8 Å². The largest absolute Gasteiger partial charge is 0.390 e. The monoisotopic (exact) mass is 154 g/mol. The maximum absolute atomic E-state index is 9.36. The first kappa shape index (κ1) is 8.27. The Kier molecular flexibility index (Phi) is 2.65. The number of hydrogen-bond acceptors (Lipinski definition) is 2. The molecule has 0 aromatic carbocycles. The van der Waals surface area contributed by atoms with E-state index < -0.39 is 0 Å². The molecule has 3 nitrogen and oxygen atoms in total. The summed E-state index contributed by atoms with van der Waals surface area (Å²) < 4.78 is 0. The standard InChI is InChI=1S/C8H14N2O/c1-6-2-3-7(10-5-9)4-8(6)11/h5,7-8,11H,1-4H2,(H2,9,10). The Bertz CT molecular complexity index is 177. The van der Waals surface area contributed by atoms with Crippen LogP contribution >= 0.6 is 0 Å². The van der Waals surface area contributed by atoms with Crippen molar-refractivity contribution in [3.8, 4) is 0 Å². The highest BCUT2D eigenvalue weighted by Gasteiger charge is 2.21. The third-order valence-corrected chi connectivity index (χ3v) is 2.06. The molecule has 0 aromatic rings. The summed E-state index contributed by atoms with van der Waals surface area (Å²) in [4.78, 5) is 4.02. The van der Waals surface area contributed by atoms with Crippen LogP contribution in [0.3, 0.4) is 0 Å². The topological polar surface area (TPSA) is 58.6 Å². The summed E-state index contributed by atoms with van der Waals surface area (Å²) in [6.07, 6.45) is 3.43. The zero-order chi connectivity index (χ0) is 8.27. The summed E-state index contributed by atoms with van der Waals surface area (Å²) in [5, 5.41) is 9.36. The van der Waals surface area contributed by atoms with Crippen LogP contribution in [-0.4, -0.2) is 23.6 Å². The van der Waals surface area contributed by atoms with E-state index in [0.717, 1.165) is 18.4 Å². The summed E-state index contributed by atoms with van der Waals surface area (Å²) in [7, 11) is 0. The van der Waals surface area contributed by atoms with Gasteiger partial charge in [-0.25, -0.2) is 0 Å². The molecule has 1 rings (SSSR count). The van der Waals surface area contributed by atoms with Gasteiger partial charge in [-0.15, -0.1) is 0 Å². The maximum atomic E-state index is 9.36. The second kappa shape index (κ2) is 3.53. The number of nitrogens with zero attached hydrogens (tertiary/aromatic N) is 1. The van der Waals surface area contributed by atoms with Crippen molar-refractivity contribution >= 4 is 6.34 Å². The quantitative estimate of drug-likeness (QED) is 0.327. The lowest BCUT2D eigenvalue weighted by Gasteiger charge is -2.24. The maximum Gasteiger partial charge on any atom is 0.0801 e. The van der Waals surface area contributed by atoms with Gasteiger partial charge in [0.1, 0.15) is 0 Å². The fourth-order valence-corrected chi connectivity index (χ4v) is 1.32. The van der Waals surface area contributed by atoms with E-state index >= 15 is 0 Å². The number of rotatable bonds is 1. The highest BCUT2D eigenvalue weighted by atomic mass is 16.3. The van der Waals surface area contributed by atoms with E-state index in [1.807, 2.05) is 0 Å². The molecule has 1 aliphatic rings. The van der Waals surface area contributed by atoms with E-state index in [-0.39, 0.29) is 12.1 Å². The Hall–Kier alpha value is -0.830. The van der Waals surface area contributed by atoms with Gasteiger partial charge in [-0.2, -0.15) is 0 Å². The first-order chi connectivity index (χ1) is 5.24. The summed E-state index contributed by atoms with van der Waals surface area (Å²) >= 11 is 0. The number of hydrogen-bond donors (Lipinski definition) is 2. The first-order valence-electron chi connectivity index (χ1n) is 3.83. The molecule has 62 valence electrons. The number of nitrogens with two attached hydrogens (primary N) is 1. The molecule has 1 aliphatic carbocycles. The third-order valence-electron chi connectivity index (χ3n) is 2.06. The highest BCUT2D eigenvalue weighted by Crippen LogP contribution is 2.24. The van der Waals surface area contributed by atoms with Gasteiger partial charge in [-0.3, -0.25) is 4.99 Å². The zero-order valence-corrected chi connectivity index (χ0v) is 6.53. The predicted molar refractivity (Wildman–Crippen MR) is 45.5 cm³/mol. The van der Waals surface area contributed by atoms with E-state index in [2.05, 4.69) is 11.6 Å². The van der Waals surface area contributed by atoms with Crippen molar-refractivity contribution in [2.24, 2.45) is 10.7 Å². The van der Waals surface area contributed by atoms with Crippen LogP contribution in [0.4, 0.5) is 0 Å². The molecule has 2 unspecified atom stereocenters. The third kappa shape index (κ3) is 2.05. The number of aliphatic hydroxyl groups excluding tert-OH is 1. The minimum atomic E-state index is -0.377. The van der Waals surface area contributed by atoms with Crippen LogP contribution in [-0.2, 0) is 0 Å². The Morgan fingerprint density at radius 1 is 1.73 bits per heavy atom. The van der Waals surface area contributed by atoms with Gasteiger partial charge in [0.25, 0.3) is 0 Å². The van der Waals surface area contributed by atoms with E-state index in [4.69, 9.17) is 5.73 Å². The van der Waals surface area contributed by atoms with Gasteiger partial charge in [0.2, 0.25) is 0 Å². The number of aliphatic imine (C=N–C) groups is 1. The van der Waals surface area contributed by atoms with Gasteiger partial charge in [0, 0.05) is 0 Å². The van der Waals surface area contributed by atoms with Crippen molar-refractivity contribution in [1.29, 1.82) is 0 Å². The summed E-state index contributed by atoms with van der Waals surface area (Å²) in [6.45, 7) is 3.76. The molecule has 11 heavy (non-hydrogen) atoms. The normalized spacial score (nSPS) is 33.0. The predicted octanol–water partition coefficient (Wildman–Crippen LogP) is 0.443. The smallest absolute Gasteiger partial charge is 0.0801 e. The molecular formula is C8H14N2O. The van der Waals surface area contributed by atoms with Gasteiger partial charge in [-0.1, -0.05) is 6.58 Å². The average Bonchev–Trinajstić information content (AvgIpc) is 1.98. The fourth-order valence-electron chi connectivity index (χ4n) is 1.32. The molecule has 1 saturated carbocycles. The van der Waals surface area contributed by atoms with Crippen LogP contribution < -0.4 is 5.73 Å². The molecule has 3 N–H and O–H groups in total. The van der Waals surface area contributed by atoms with Crippen molar-refractivity contribution in [3.63, 3.8) is 0 Å². The SMILES string of the molecule is C=C1CCC(N=CN)CC1O. The van der Waals surface area contributed by atoms with Crippen LogP contribution in [0.5, 0.6) is 0 Å². The van der Waals surface area contributed by atoms with Gasteiger partial charge in [0.05, 0.1) is 18.5 Å². The van der Waals surface area contributed by atoms with E-state index in [1.165, 1.54) is 6.34 Å². The van der Waals surface area contributed by atoms with Crippen molar-refractivity contribution in [3.05, 3.63) is 12.2 Å². The molecule has 0 aromatic heterocycles. The van der Waals surface area contributed by atoms with Crippen molar-refractivity contribution in [2.45, 2.75) is 31.4 Å². The molecule has 0 radical (unpaired) electrons. The fraction of sp³-hybridized carbons (Fsp3) is 0.625. The lowest BCUT2D eigenvalue weighted by Crippen LogP contribution is -2.24. The second-order valence-electron chi connectivity index (χ2n) is 2.90. The molecule has 3 heteroatoms. The summed E-state index contributed by atoms with van der Waals surface area (Å²) in [6, 6.07) is 0.195. The molecule has 0 heterocycles. The highest BCUT2D eigenvalue weighted by molar-refractivity contribution is 5.51. The summed E-state index contributed by atoms with van der Waals surface area (Å²) in [5.74, 6) is 0. The molecule has 0 aliphatic heterocycles. The van der Waals surface area contributed by atoms with E-state index in [1.54, 1.807) is 0 Å². The van der Waals surface area contributed by atoms with Crippen LogP contribution in [0.25, 0.3) is 0 Å².